The fourth-order valence-electron chi connectivity index (χ4n) is 3.27. The third kappa shape index (κ3) is 4.65. The Morgan fingerprint density at radius 3 is 2.32 bits per heavy atom. The number of carbonyl (C=O) groups is 3. The molecule has 2 heterocycles. The first-order valence-corrected chi connectivity index (χ1v) is 10.1. The minimum Gasteiger partial charge on any atom is -0.366 e. The zero-order valence-corrected chi connectivity index (χ0v) is 16.9. The number of piperazine rings is 1. The summed E-state index contributed by atoms with van der Waals surface area (Å²) in [7, 11) is 0. The first kappa shape index (κ1) is 20.2. The van der Waals surface area contributed by atoms with Crippen LogP contribution in [0.4, 0.5) is 10.1 Å². The molecule has 1 aromatic carbocycles. The molecule has 0 aliphatic carbocycles. The molecule has 0 radical (unpaired) electrons. The smallest absolute Gasteiger partial charge is 0.223 e. The van der Waals surface area contributed by atoms with Crippen LogP contribution in [0.1, 0.15) is 44.7 Å². The summed E-state index contributed by atoms with van der Waals surface area (Å²) < 4.78 is 14.3. The first-order chi connectivity index (χ1) is 13.3. The summed E-state index contributed by atoms with van der Waals surface area (Å²) in [5, 5.41) is 0. The molecule has 0 unspecified atom stereocenters. The number of benzene rings is 1. The van der Waals surface area contributed by atoms with Crippen molar-refractivity contribution in [2.24, 2.45) is 0 Å². The number of carbonyl (C=O) groups excluding carboxylic acids is 3. The summed E-state index contributed by atoms with van der Waals surface area (Å²) in [5.74, 6) is -0.649. The van der Waals surface area contributed by atoms with Gasteiger partial charge in [-0.3, -0.25) is 14.4 Å². The number of aryl methyl sites for hydroxylation is 1. The summed E-state index contributed by atoms with van der Waals surface area (Å²) in [6, 6.07) is 8.20. The largest absolute Gasteiger partial charge is 0.366 e. The Balaban J connectivity index is 1.51. The van der Waals surface area contributed by atoms with Gasteiger partial charge in [0.25, 0.3) is 0 Å². The summed E-state index contributed by atoms with van der Waals surface area (Å²) in [6.45, 7) is 5.35. The maximum atomic E-state index is 14.3. The first-order valence-electron chi connectivity index (χ1n) is 9.28. The zero-order valence-electron chi connectivity index (χ0n) is 16.0. The van der Waals surface area contributed by atoms with Crippen molar-refractivity contribution in [3.63, 3.8) is 0 Å². The standard InChI is InChI=1S/C21H23FN2O3S/c1-14-3-7-20(28-14)19(26)6-8-21(27)24-11-9-23(10-12-24)18-5-4-16(15(2)25)13-17(18)22/h3-5,7,13H,6,8-12H2,1-2H3. The van der Waals surface area contributed by atoms with Gasteiger partial charge in [-0.05, 0) is 44.2 Å². The Kier molecular flexibility index (Phi) is 6.24. The molecule has 2 aromatic rings. The number of ketones is 2. The summed E-state index contributed by atoms with van der Waals surface area (Å²) in [6.07, 6.45) is 0.400. The monoisotopic (exact) mass is 402 g/mol. The Morgan fingerprint density at radius 2 is 1.75 bits per heavy atom. The zero-order chi connectivity index (χ0) is 20.3. The van der Waals surface area contributed by atoms with Crippen LogP contribution in [0.25, 0.3) is 0 Å². The molecule has 5 nitrogen and oxygen atoms in total. The van der Waals surface area contributed by atoms with Crippen molar-refractivity contribution in [2.45, 2.75) is 26.7 Å². The van der Waals surface area contributed by atoms with Gasteiger partial charge in [-0.25, -0.2) is 4.39 Å². The molecule has 1 aliphatic heterocycles. The van der Waals surface area contributed by atoms with Gasteiger partial charge < -0.3 is 9.80 Å². The van der Waals surface area contributed by atoms with Crippen LogP contribution < -0.4 is 4.90 Å². The van der Waals surface area contributed by atoms with Crippen LogP contribution in [0.5, 0.6) is 0 Å². The molecule has 1 aliphatic rings. The van der Waals surface area contributed by atoms with E-state index in [4.69, 9.17) is 0 Å². The average Bonchev–Trinajstić information content (AvgIpc) is 3.12. The number of halogens is 1. The second-order valence-corrected chi connectivity index (χ2v) is 8.21. The van der Waals surface area contributed by atoms with Crippen molar-refractivity contribution in [2.75, 3.05) is 31.1 Å². The summed E-state index contributed by atoms with van der Waals surface area (Å²) >= 11 is 1.45. The Morgan fingerprint density at radius 1 is 1.04 bits per heavy atom. The van der Waals surface area contributed by atoms with Crippen molar-refractivity contribution < 1.29 is 18.8 Å². The van der Waals surface area contributed by atoms with Crippen LogP contribution in [0, 0.1) is 12.7 Å². The number of rotatable bonds is 6. The molecule has 3 rings (SSSR count). The topological polar surface area (TPSA) is 57.7 Å². The Hall–Kier alpha value is -2.54. The molecule has 7 heteroatoms. The lowest BCUT2D eigenvalue weighted by molar-refractivity contribution is -0.131. The fourth-order valence-corrected chi connectivity index (χ4v) is 4.10. The van der Waals surface area contributed by atoms with Crippen LogP contribution in [-0.2, 0) is 4.79 Å². The highest BCUT2D eigenvalue weighted by Crippen LogP contribution is 2.23. The van der Waals surface area contributed by atoms with E-state index < -0.39 is 5.82 Å². The number of nitrogens with zero attached hydrogens (tertiary/aromatic N) is 2. The number of anilines is 1. The van der Waals surface area contributed by atoms with E-state index in [1.807, 2.05) is 17.9 Å². The SMILES string of the molecule is CC(=O)c1ccc(N2CCN(C(=O)CCC(=O)c3ccc(C)s3)CC2)c(F)c1. The van der Waals surface area contributed by atoms with Gasteiger partial charge in [-0.15, -0.1) is 11.3 Å². The van der Waals surface area contributed by atoms with E-state index in [9.17, 15) is 18.8 Å². The van der Waals surface area contributed by atoms with Crippen molar-refractivity contribution >= 4 is 34.5 Å². The quantitative estimate of drug-likeness (QED) is 0.691. The second kappa shape index (κ2) is 8.65. The van der Waals surface area contributed by atoms with Crippen molar-refractivity contribution in [1.29, 1.82) is 0 Å². The van der Waals surface area contributed by atoms with Crippen molar-refractivity contribution in [3.05, 3.63) is 51.5 Å². The second-order valence-electron chi connectivity index (χ2n) is 6.92. The van der Waals surface area contributed by atoms with Gasteiger partial charge in [0.2, 0.25) is 5.91 Å². The maximum Gasteiger partial charge on any atom is 0.223 e. The molecule has 1 amide bonds. The molecule has 1 fully saturated rings. The molecule has 0 bridgehead atoms. The molecule has 0 saturated carbocycles. The minimum atomic E-state index is -0.427. The lowest BCUT2D eigenvalue weighted by Crippen LogP contribution is -2.49. The van der Waals surface area contributed by atoms with Crippen molar-refractivity contribution in [1.82, 2.24) is 4.90 Å². The molecule has 28 heavy (non-hydrogen) atoms. The number of thiophene rings is 1. The van der Waals surface area contributed by atoms with E-state index in [-0.39, 0.29) is 30.3 Å². The molecular weight excluding hydrogens is 379 g/mol. The van der Waals surface area contributed by atoms with E-state index in [0.717, 1.165) is 4.88 Å². The highest BCUT2D eigenvalue weighted by Gasteiger charge is 2.23. The van der Waals surface area contributed by atoms with E-state index in [0.29, 0.717) is 42.3 Å². The van der Waals surface area contributed by atoms with Crippen LogP contribution in [0.2, 0.25) is 0 Å². The molecule has 0 N–H and O–H groups in total. The highest BCUT2D eigenvalue weighted by atomic mass is 32.1. The number of Topliss-reactive ketones (excluding diaryl/α,β-unsaturated/α-hetero) is 2. The predicted octanol–water partition coefficient (Wildman–Crippen LogP) is 3.71. The normalized spacial score (nSPS) is 14.2. The predicted molar refractivity (Wildman–Crippen MR) is 108 cm³/mol. The molecule has 1 saturated heterocycles. The molecule has 0 atom stereocenters. The fraction of sp³-hybridized carbons (Fsp3) is 0.381. The third-order valence-electron chi connectivity index (χ3n) is 4.91. The molecule has 148 valence electrons. The Bertz CT molecular complexity index is 901. The number of hydrogen-bond donors (Lipinski definition) is 0. The van der Waals surface area contributed by atoms with Crippen LogP contribution in [0.15, 0.2) is 30.3 Å². The lowest BCUT2D eigenvalue weighted by atomic mass is 10.1. The number of amides is 1. The average molecular weight is 402 g/mol. The van der Waals surface area contributed by atoms with Crippen molar-refractivity contribution in [3.8, 4) is 0 Å². The van der Waals surface area contributed by atoms with Gasteiger partial charge in [0.05, 0.1) is 10.6 Å². The maximum absolute atomic E-state index is 14.3. The summed E-state index contributed by atoms with van der Waals surface area (Å²) in [4.78, 5) is 41.3. The van der Waals surface area contributed by atoms with Gasteiger partial charge in [0.15, 0.2) is 11.6 Å². The van der Waals surface area contributed by atoms with Crippen LogP contribution >= 0.6 is 11.3 Å². The minimum absolute atomic E-state index is 0.00211. The van der Waals surface area contributed by atoms with E-state index in [1.165, 1.54) is 24.3 Å². The molecule has 0 spiro atoms. The van der Waals surface area contributed by atoms with E-state index in [2.05, 4.69) is 0 Å². The van der Waals surface area contributed by atoms with Gasteiger partial charge in [-0.1, -0.05) is 0 Å². The van der Waals surface area contributed by atoms with Crippen LogP contribution in [0.3, 0.4) is 0 Å². The molecular formula is C21H23FN2O3S. The Labute approximate surface area is 167 Å². The van der Waals surface area contributed by atoms with Crippen LogP contribution in [-0.4, -0.2) is 48.6 Å². The highest BCUT2D eigenvalue weighted by molar-refractivity contribution is 7.14. The third-order valence-corrected chi connectivity index (χ3v) is 5.95. The van der Waals surface area contributed by atoms with Gasteiger partial charge >= 0.3 is 0 Å². The van der Waals surface area contributed by atoms with E-state index in [1.54, 1.807) is 23.1 Å². The summed E-state index contributed by atoms with van der Waals surface area (Å²) in [5.41, 5.74) is 0.793. The van der Waals surface area contributed by atoms with Gasteiger partial charge in [0, 0.05) is 49.5 Å². The van der Waals surface area contributed by atoms with Gasteiger partial charge in [-0.2, -0.15) is 0 Å². The number of hydrogen-bond acceptors (Lipinski definition) is 5. The van der Waals surface area contributed by atoms with E-state index >= 15 is 0 Å². The lowest BCUT2D eigenvalue weighted by Gasteiger charge is -2.36. The molecule has 1 aromatic heterocycles. The van der Waals surface area contributed by atoms with Gasteiger partial charge in [0.1, 0.15) is 5.82 Å².